The first kappa shape index (κ1) is 24.0. The Morgan fingerprint density at radius 3 is 2.52 bits per heavy atom. The van der Waals surface area contributed by atoms with Gasteiger partial charge >= 0.3 is 6.03 Å². The lowest BCUT2D eigenvalue weighted by Gasteiger charge is -2.21. The quantitative estimate of drug-likeness (QED) is 0.290. The number of amides is 4. The van der Waals surface area contributed by atoms with Gasteiger partial charge in [0.2, 0.25) is 0 Å². The summed E-state index contributed by atoms with van der Waals surface area (Å²) in [6, 6.07) is 21.4. The summed E-state index contributed by atoms with van der Waals surface area (Å²) in [6.07, 6.45) is 0. The van der Waals surface area contributed by atoms with Crippen molar-refractivity contribution in [2.24, 2.45) is 5.73 Å². The van der Waals surface area contributed by atoms with Crippen LogP contribution in [0.25, 0.3) is 32.9 Å². The van der Waals surface area contributed by atoms with E-state index in [4.69, 9.17) is 5.73 Å². The molecular formula is C32H27N5O3. The molecule has 5 aromatic rings. The zero-order valence-electron chi connectivity index (χ0n) is 22.2. The number of aromatic nitrogens is 1. The van der Waals surface area contributed by atoms with Crippen molar-refractivity contribution in [3.63, 3.8) is 0 Å². The summed E-state index contributed by atoms with van der Waals surface area (Å²) in [7, 11) is 0. The Labute approximate surface area is 230 Å². The number of aromatic amines is 1. The molecule has 4 N–H and O–H groups in total. The molecule has 0 saturated carbocycles. The van der Waals surface area contributed by atoms with Gasteiger partial charge in [-0.25, -0.2) is 4.79 Å². The van der Waals surface area contributed by atoms with Crippen molar-refractivity contribution >= 4 is 51.0 Å². The van der Waals surface area contributed by atoms with Crippen molar-refractivity contribution in [1.82, 2.24) is 10.3 Å². The van der Waals surface area contributed by atoms with Gasteiger partial charge in [0.05, 0.1) is 17.6 Å². The molecule has 7 rings (SSSR count). The lowest BCUT2D eigenvalue weighted by molar-refractivity contribution is 0.0990. The van der Waals surface area contributed by atoms with Gasteiger partial charge in [0.1, 0.15) is 0 Å². The number of hydrogen-bond donors (Lipinski definition) is 3. The van der Waals surface area contributed by atoms with E-state index in [1.165, 1.54) is 0 Å². The molecule has 2 aliphatic heterocycles. The highest BCUT2D eigenvalue weighted by molar-refractivity contribution is 6.21. The van der Waals surface area contributed by atoms with Crippen LogP contribution in [0, 0.1) is 13.8 Å². The van der Waals surface area contributed by atoms with E-state index in [1.807, 2.05) is 79.4 Å². The summed E-state index contributed by atoms with van der Waals surface area (Å²) in [5.74, 6) is -0.526. The fourth-order valence-corrected chi connectivity index (χ4v) is 6.13. The second kappa shape index (κ2) is 8.71. The van der Waals surface area contributed by atoms with E-state index >= 15 is 0 Å². The van der Waals surface area contributed by atoms with Crippen molar-refractivity contribution < 1.29 is 14.4 Å². The lowest BCUT2D eigenvalue weighted by Crippen LogP contribution is -2.27. The van der Waals surface area contributed by atoms with Gasteiger partial charge < -0.3 is 20.9 Å². The molecule has 198 valence electrons. The Hall–Kier alpha value is -5.11. The zero-order valence-corrected chi connectivity index (χ0v) is 22.2. The van der Waals surface area contributed by atoms with Crippen molar-refractivity contribution in [2.45, 2.75) is 20.4 Å². The van der Waals surface area contributed by atoms with Crippen LogP contribution < -0.4 is 20.9 Å². The standard InChI is InChI=1S/C32H27N5O3/c1-17-6-7-19-16-37(31(39)25(19)14-17)27-5-3-4-21(18(27)2)22-10-11-24(30(33)38)29-28(22)23-9-8-20(15-26(23)35-29)36-13-12-34-32(36)40/h3-11,14-15,35H,12-13,16H2,1-2H3,(H2,33,38)(H,34,40). The molecule has 3 heterocycles. The number of hydrogen-bond acceptors (Lipinski definition) is 3. The van der Waals surface area contributed by atoms with E-state index in [0.717, 1.165) is 61.0 Å². The number of rotatable bonds is 4. The van der Waals surface area contributed by atoms with Crippen LogP contribution >= 0.6 is 0 Å². The normalized spacial score (nSPS) is 14.8. The van der Waals surface area contributed by atoms with Gasteiger partial charge in [-0.2, -0.15) is 0 Å². The number of carbonyl (C=O) groups excluding carboxylic acids is 3. The molecule has 2 aliphatic rings. The number of H-pyrrole nitrogens is 1. The molecule has 40 heavy (non-hydrogen) atoms. The van der Waals surface area contributed by atoms with Crippen LogP contribution in [0.1, 0.15) is 37.4 Å². The Bertz CT molecular complexity index is 1920. The van der Waals surface area contributed by atoms with Gasteiger partial charge in [0.25, 0.3) is 11.8 Å². The van der Waals surface area contributed by atoms with Crippen LogP contribution in [0.3, 0.4) is 0 Å². The van der Waals surface area contributed by atoms with Crippen LogP contribution in [0.5, 0.6) is 0 Å². The van der Waals surface area contributed by atoms with Crippen molar-refractivity contribution in [3.05, 3.63) is 94.5 Å². The minimum atomic E-state index is -0.525. The number of anilines is 2. The van der Waals surface area contributed by atoms with Gasteiger partial charge in [-0.1, -0.05) is 42.0 Å². The number of fused-ring (bicyclic) bond motifs is 4. The minimum absolute atomic E-state index is 0.00116. The van der Waals surface area contributed by atoms with Crippen LogP contribution in [0.2, 0.25) is 0 Å². The van der Waals surface area contributed by atoms with E-state index in [2.05, 4.69) is 10.3 Å². The number of primary amides is 1. The maximum absolute atomic E-state index is 13.4. The Morgan fingerprint density at radius 2 is 1.75 bits per heavy atom. The van der Waals surface area contributed by atoms with E-state index in [1.54, 1.807) is 11.0 Å². The molecule has 1 aromatic heterocycles. The van der Waals surface area contributed by atoms with E-state index < -0.39 is 5.91 Å². The first-order valence-corrected chi connectivity index (χ1v) is 13.3. The molecule has 8 nitrogen and oxygen atoms in total. The Morgan fingerprint density at radius 1 is 0.900 bits per heavy atom. The molecule has 0 atom stereocenters. The van der Waals surface area contributed by atoms with E-state index in [-0.39, 0.29) is 11.9 Å². The number of aryl methyl sites for hydroxylation is 1. The van der Waals surface area contributed by atoms with Gasteiger partial charge in [-0.3, -0.25) is 14.5 Å². The summed E-state index contributed by atoms with van der Waals surface area (Å²) >= 11 is 0. The highest BCUT2D eigenvalue weighted by Crippen LogP contribution is 2.41. The van der Waals surface area contributed by atoms with Gasteiger partial charge in [0, 0.05) is 46.3 Å². The SMILES string of the molecule is Cc1ccc2c(c1)C(=O)N(c1cccc(-c3ccc(C(N)=O)c4[nH]c5cc(N6CCNC6=O)ccc5c34)c1C)C2. The van der Waals surface area contributed by atoms with Crippen LogP contribution in [-0.2, 0) is 6.54 Å². The number of urea groups is 1. The van der Waals surface area contributed by atoms with Crippen molar-refractivity contribution in [2.75, 3.05) is 22.9 Å². The maximum atomic E-state index is 13.4. The first-order chi connectivity index (χ1) is 19.3. The highest BCUT2D eigenvalue weighted by Gasteiger charge is 2.30. The summed E-state index contributed by atoms with van der Waals surface area (Å²) in [4.78, 5) is 45.0. The van der Waals surface area contributed by atoms with Crippen LogP contribution in [-0.4, -0.2) is 35.9 Å². The van der Waals surface area contributed by atoms with Crippen molar-refractivity contribution in [3.8, 4) is 11.1 Å². The van der Waals surface area contributed by atoms with E-state index in [0.29, 0.717) is 30.7 Å². The smallest absolute Gasteiger partial charge is 0.321 e. The van der Waals surface area contributed by atoms with Crippen LogP contribution in [0.4, 0.5) is 16.2 Å². The first-order valence-electron chi connectivity index (χ1n) is 13.3. The summed E-state index contributed by atoms with van der Waals surface area (Å²) < 4.78 is 0. The molecule has 8 heteroatoms. The number of nitrogens with zero attached hydrogens (tertiary/aromatic N) is 2. The number of nitrogens with one attached hydrogen (secondary N) is 2. The molecule has 0 bridgehead atoms. The van der Waals surface area contributed by atoms with E-state index in [9.17, 15) is 14.4 Å². The number of benzene rings is 4. The third kappa shape index (κ3) is 3.49. The molecule has 0 spiro atoms. The van der Waals surface area contributed by atoms with Gasteiger partial charge in [-0.05, 0) is 66.4 Å². The third-order valence-electron chi connectivity index (χ3n) is 8.13. The molecule has 1 fully saturated rings. The molecule has 1 saturated heterocycles. The predicted octanol–water partition coefficient (Wildman–Crippen LogP) is 5.39. The average Bonchev–Trinajstić information content (AvgIpc) is 3.63. The number of nitrogens with two attached hydrogens (primary N) is 1. The highest BCUT2D eigenvalue weighted by atomic mass is 16.2. The van der Waals surface area contributed by atoms with Crippen molar-refractivity contribution in [1.29, 1.82) is 0 Å². The van der Waals surface area contributed by atoms with Crippen LogP contribution in [0.15, 0.2) is 66.7 Å². The summed E-state index contributed by atoms with van der Waals surface area (Å²) in [5.41, 5.74) is 14.9. The number of carbonyl (C=O) groups is 3. The largest absolute Gasteiger partial charge is 0.366 e. The van der Waals surface area contributed by atoms with Gasteiger partial charge in [0.15, 0.2) is 0 Å². The Kier molecular flexibility index (Phi) is 5.22. The fraction of sp³-hybridized carbons (Fsp3) is 0.156. The third-order valence-corrected chi connectivity index (χ3v) is 8.13. The lowest BCUT2D eigenvalue weighted by atomic mass is 9.93. The maximum Gasteiger partial charge on any atom is 0.321 e. The fourth-order valence-electron chi connectivity index (χ4n) is 6.13. The second-order valence-electron chi connectivity index (χ2n) is 10.5. The topological polar surface area (TPSA) is 112 Å². The molecule has 0 aliphatic carbocycles. The molecule has 0 unspecified atom stereocenters. The second-order valence-corrected chi connectivity index (χ2v) is 10.5. The van der Waals surface area contributed by atoms with Gasteiger partial charge in [-0.15, -0.1) is 0 Å². The molecule has 0 radical (unpaired) electrons. The summed E-state index contributed by atoms with van der Waals surface area (Å²) in [5, 5.41) is 4.62. The molecular weight excluding hydrogens is 502 g/mol. The summed E-state index contributed by atoms with van der Waals surface area (Å²) in [6.45, 7) is 5.73. The molecule has 4 aromatic carbocycles. The predicted molar refractivity (Wildman–Crippen MR) is 157 cm³/mol. The minimum Gasteiger partial charge on any atom is -0.366 e. The molecule has 4 amide bonds. The zero-order chi connectivity index (χ0) is 27.7. The monoisotopic (exact) mass is 529 g/mol. The average molecular weight is 530 g/mol. The Balaban J connectivity index is 1.40.